The van der Waals surface area contributed by atoms with Gasteiger partial charge in [-0.05, 0) is 12.7 Å². The molecule has 0 bridgehead atoms. The molecule has 0 rings (SSSR count). The van der Waals surface area contributed by atoms with Crippen LogP contribution in [0.2, 0.25) is 0 Å². The minimum Gasteiger partial charge on any atom is -0.0991 e. The molecule has 0 amide bonds. The van der Waals surface area contributed by atoms with E-state index in [1.807, 2.05) is 12.2 Å². The highest BCUT2D eigenvalue weighted by Gasteiger charge is 1.86. The smallest absolute Gasteiger partial charge is 0.0991 e. The van der Waals surface area contributed by atoms with Gasteiger partial charge in [0.05, 0.1) is 0 Å². The van der Waals surface area contributed by atoms with E-state index in [-0.39, 0.29) is 0 Å². The van der Waals surface area contributed by atoms with Crippen molar-refractivity contribution < 1.29 is 0 Å². The first kappa shape index (κ1) is 7.57. The van der Waals surface area contributed by atoms with Gasteiger partial charge in [0.1, 0.15) is 11.2 Å². The fourth-order valence-corrected chi connectivity index (χ4v) is 0.489. The second-order valence-electron chi connectivity index (χ2n) is 1.31. The summed E-state index contributed by atoms with van der Waals surface area (Å²) in [5.74, 6) is 0. The van der Waals surface area contributed by atoms with Gasteiger partial charge in [-0.3, -0.25) is 0 Å². The van der Waals surface area contributed by atoms with E-state index in [0.29, 0.717) is 0 Å². The highest BCUT2D eigenvalue weighted by atomic mass is 32.2. The van der Waals surface area contributed by atoms with Gasteiger partial charge >= 0.3 is 0 Å². The molecule has 0 atom stereocenters. The molecule has 0 radical (unpaired) electrons. The normalized spacial score (nSPS) is 9.62. The molecule has 0 N–H and O–H groups in total. The average molecular weight is 127 g/mol. The molecule has 0 fully saturated rings. The predicted molar refractivity (Wildman–Crippen MR) is 43.2 cm³/mol. The molecular weight excluding hydrogens is 116 g/mol. The molecule has 0 saturated heterocycles. The summed E-state index contributed by atoms with van der Waals surface area (Å²) in [6, 6.07) is 0. The van der Waals surface area contributed by atoms with Crippen LogP contribution < -0.4 is 0 Å². The molecular formula is C7H11S+. The summed E-state index contributed by atoms with van der Waals surface area (Å²) in [7, 11) is 0. The fraction of sp³-hybridized carbons (Fsp3) is 0.143. The largest absolute Gasteiger partial charge is 0.145 e. The van der Waals surface area contributed by atoms with Crippen molar-refractivity contribution in [2.24, 2.45) is 0 Å². The van der Waals surface area contributed by atoms with Crippen molar-refractivity contribution in [2.45, 2.75) is 0 Å². The molecule has 1 heteroatoms. The number of allylic oxidation sites excluding steroid dienone is 3. The Morgan fingerprint density at radius 3 is 2.62 bits per heavy atom. The predicted octanol–water partition coefficient (Wildman–Crippen LogP) is 1.69. The van der Waals surface area contributed by atoms with Gasteiger partial charge in [-0.2, -0.15) is 0 Å². The topological polar surface area (TPSA) is 0 Å². The summed E-state index contributed by atoms with van der Waals surface area (Å²) in [5.41, 5.74) is 0. The van der Waals surface area contributed by atoms with Crippen molar-refractivity contribution in [2.75, 3.05) is 6.26 Å². The first-order valence-corrected chi connectivity index (χ1v) is 3.73. The molecule has 0 heterocycles. The Morgan fingerprint density at radius 2 is 2.25 bits per heavy atom. The quantitative estimate of drug-likeness (QED) is 0.307. The van der Waals surface area contributed by atoms with E-state index >= 15 is 0 Å². The van der Waals surface area contributed by atoms with Gasteiger partial charge in [0, 0.05) is 11.8 Å². The Morgan fingerprint density at radius 1 is 1.62 bits per heavy atom. The summed E-state index contributed by atoms with van der Waals surface area (Å²) < 4.78 is 0. The first-order valence-electron chi connectivity index (χ1n) is 2.39. The highest BCUT2D eigenvalue weighted by molar-refractivity contribution is 7.82. The molecule has 0 aromatic heterocycles. The summed E-state index contributed by atoms with van der Waals surface area (Å²) >= 11 is 1.22. The Balaban J connectivity index is 3.52. The molecule has 0 aliphatic heterocycles. The Kier molecular flexibility index (Phi) is 4.47. The van der Waals surface area contributed by atoms with Gasteiger partial charge in [-0.15, -0.1) is 0 Å². The van der Waals surface area contributed by atoms with Crippen LogP contribution in [0.15, 0.2) is 36.3 Å². The van der Waals surface area contributed by atoms with E-state index in [1.165, 1.54) is 11.8 Å². The van der Waals surface area contributed by atoms with Crippen LogP contribution in [0, 0.1) is 0 Å². The van der Waals surface area contributed by atoms with Gasteiger partial charge in [-0.25, -0.2) is 0 Å². The SMILES string of the molecule is C=C/C=C\C(=C)[SH+]C. The maximum absolute atomic E-state index is 3.76. The van der Waals surface area contributed by atoms with Crippen molar-refractivity contribution in [1.29, 1.82) is 0 Å². The van der Waals surface area contributed by atoms with Gasteiger partial charge in [0.25, 0.3) is 0 Å². The summed E-state index contributed by atoms with van der Waals surface area (Å²) in [4.78, 5) is 1.12. The first-order chi connectivity index (χ1) is 3.81. The Bertz CT molecular complexity index is 112. The third-order valence-corrected chi connectivity index (χ3v) is 1.44. The monoisotopic (exact) mass is 127 g/mol. The maximum atomic E-state index is 3.76. The van der Waals surface area contributed by atoms with E-state index in [4.69, 9.17) is 0 Å². The van der Waals surface area contributed by atoms with Gasteiger partial charge in [-0.1, -0.05) is 18.7 Å². The lowest BCUT2D eigenvalue weighted by atomic mass is 10.5. The lowest BCUT2D eigenvalue weighted by molar-refractivity contribution is 1.93. The summed E-state index contributed by atoms with van der Waals surface area (Å²) in [5, 5.41) is 0. The van der Waals surface area contributed by atoms with Crippen molar-refractivity contribution in [3.63, 3.8) is 0 Å². The van der Waals surface area contributed by atoms with Crippen LogP contribution >= 0.6 is 0 Å². The zero-order valence-corrected chi connectivity index (χ0v) is 5.99. The van der Waals surface area contributed by atoms with Crippen LogP contribution in [0.1, 0.15) is 0 Å². The van der Waals surface area contributed by atoms with Crippen LogP contribution in [0.4, 0.5) is 0 Å². The zero-order chi connectivity index (χ0) is 6.41. The van der Waals surface area contributed by atoms with E-state index < -0.39 is 0 Å². The number of hydrogen-bond acceptors (Lipinski definition) is 0. The van der Waals surface area contributed by atoms with E-state index in [0.717, 1.165) is 4.91 Å². The molecule has 44 valence electrons. The Labute approximate surface area is 55.0 Å². The second kappa shape index (κ2) is 4.72. The molecule has 0 unspecified atom stereocenters. The maximum Gasteiger partial charge on any atom is 0.145 e. The van der Waals surface area contributed by atoms with Crippen LogP contribution in [0.5, 0.6) is 0 Å². The molecule has 0 aromatic carbocycles. The molecule has 8 heavy (non-hydrogen) atoms. The molecule has 0 spiro atoms. The minimum absolute atomic E-state index is 1.12. The number of hydrogen-bond donors (Lipinski definition) is 0. The number of rotatable bonds is 3. The summed E-state index contributed by atoms with van der Waals surface area (Å²) in [6.45, 7) is 7.30. The van der Waals surface area contributed by atoms with E-state index in [1.54, 1.807) is 6.08 Å². The molecule has 0 aromatic rings. The summed E-state index contributed by atoms with van der Waals surface area (Å²) in [6.07, 6.45) is 7.64. The standard InChI is InChI=1S/C7H10S/c1-4-5-6-7(2)8-3/h4-6H,1-2H2,3H3/p+1/b6-5-. The number of thiol groups is 1. The minimum atomic E-state index is 1.12. The Hall–Kier alpha value is -0.430. The van der Waals surface area contributed by atoms with Crippen LogP contribution in [-0.4, -0.2) is 6.26 Å². The fourth-order valence-electron chi connectivity index (χ4n) is 0.254. The van der Waals surface area contributed by atoms with Crippen molar-refractivity contribution in [3.05, 3.63) is 36.3 Å². The van der Waals surface area contributed by atoms with Crippen LogP contribution in [0.3, 0.4) is 0 Å². The van der Waals surface area contributed by atoms with Gasteiger partial charge < -0.3 is 0 Å². The van der Waals surface area contributed by atoms with Crippen molar-refractivity contribution >= 4 is 11.8 Å². The highest BCUT2D eigenvalue weighted by Crippen LogP contribution is 1.91. The van der Waals surface area contributed by atoms with Crippen LogP contribution in [0.25, 0.3) is 0 Å². The second-order valence-corrected chi connectivity index (χ2v) is 2.33. The lowest BCUT2D eigenvalue weighted by Crippen LogP contribution is -1.72. The molecule has 0 saturated carbocycles. The zero-order valence-electron chi connectivity index (χ0n) is 5.09. The third kappa shape index (κ3) is 3.75. The van der Waals surface area contributed by atoms with Crippen molar-refractivity contribution in [1.82, 2.24) is 0 Å². The molecule has 0 aliphatic rings. The van der Waals surface area contributed by atoms with E-state index in [2.05, 4.69) is 19.4 Å². The third-order valence-electron chi connectivity index (χ3n) is 0.712. The van der Waals surface area contributed by atoms with Gasteiger partial charge in [0.2, 0.25) is 0 Å². The lowest BCUT2D eigenvalue weighted by Gasteiger charge is -1.76. The van der Waals surface area contributed by atoms with Crippen molar-refractivity contribution in [3.8, 4) is 0 Å². The van der Waals surface area contributed by atoms with E-state index in [9.17, 15) is 0 Å². The molecule has 0 aliphatic carbocycles. The van der Waals surface area contributed by atoms with Gasteiger partial charge in [0.15, 0.2) is 0 Å². The average Bonchev–Trinajstić information content (AvgIpc) is 1.83. The van der Waals surface area contributed by atoms with Crippen LogP contribution in [-0.2, 0) is 11.8 Å². The molecule has 0 nitrogen and oxygen atoms in total.